The number of aromatic nitrogens is 4. The van der Waals surface area contributed by atoms with Crippen molar-refractivity contribution < 1.29 is 4.79 Å². The van der Waals surface area contributed by atoms with Crippen molar-refractivity contribution >= 4 is 42.2 Å². The van der Waals surface area contributed by atoms with Gasteiger partial charge in [0.05, 0.1) is 0 Å². The van der Waals surface area contributed by atoms with Crippen molar-refractivity contribution in [2.75, 3.05) is 11.9 Å². The molecule has 0 radical (unpaired) electrons. The molecule has 2 N–H and O–H groups in total. The first-order chi connectivity index (χ1) is 15.5. The van der Waals surface area contributed by atoms with E-state index in [0.717, 1.165) is 23.3 Å². The van der Waals surface area contributed by atoms with Crippen LogP contribution < -0.4 is 16.2 Å². The molecule has 0 bridgehead atoms. The maximum absolute atomic E-state index is 12.9. The van der Waals surface area contributed by atoms with Gasteiger partial charge >= 0.3 is 0 Å². The van der Waals surface area contributed by atoms with Gasteiger partial charge in [-0.3, -0.25) is 14.2 Å². The number of hydrogen-bond donors (Lipinski definition) is 2. The molecule has 1 amide bonds. The fourth-order valence-electron chi connectivity index (χ4n) is 3.61. The Kier molecular flexibility index (Phi) is 9.65. The molecule has 1 aromatic carbocycles. The molecule has 0 aliphatic rings. The first-order valence-corrected chi connectivity index (χ1v) is 10.6. The minimum Gasteiger partial charge on any atom is -0.365 e. The summed E-state index contributed by atoms with van der Waals surface area (Å²) in [5, 5.41) is 6.01. The van der Waals surface area contributed by atoms with Gasteiger partial charge in [0.25, 0.3) is 5.56 Å². The molecule has 34 heavy (non-hydrogen) atoms. The second-order valence-electron chi connectivity index (χ2n) is 7.68. The van der Waals surface area contributed by atoms with Crippen LogP contribution in [0.5, 0.6) is 0 Å². The number of benzene rings is 1. The van der Waals surface area contributed by atoms with Crippen LogP contribution in [0.25, 0.3) is 5.65 Å². The number of aryl methyl sites for hydroxylation is 2. The zero-order valence-electron chi connectivity index (χ0n) is 19.0. The summed E-state index contributed by atoms with van der Waals surface area (Å²) in [7, 11) is 0. The summed E-state index contributed by atoms with van der Waals surface area (Å²) in [6.07, 6.45) is 6.02. The summed E-state index contributed by atoms with van der Waals surface area (Å²) in [6.45, 7) is 4.65. The van der Waals surface area contributed by atoms with Crippen LogP contribution in [0.4, 0.5) is 5.82 Å². The molecule has 0 aliphatic heterocycles. The average Bonchev–Trinajstić information content (AvgIpc) is 3.28. The zero-order chi connectivity index (χ0) is 22.5. The number of anilines is 1. The van der Waals surface area contributed by atoms with E-state index in [1.807, 2.05) is 60.0 Å². The van der Waals surface area contributed by atoms with Crippen LogP contribution in [0.1, 0.15) is 22.5 Å². The second-order valence-corrected chi connectivity index (χ2v) is 7.68. The van der Waals surface area contributed by atoms with Gasteiger partial charge in [-0.25, -0.2) is 9.97 Å². The van der Waals surface area contributed by atoms with Crippen LogP contribution in [-0.2, 0) is 24.3 Å². The number of hydrogen-bond acceptors (Lipinski definition) is 5. The van der Waals surface area contributed by atoms with E-state index in [0.29, 0.717) is 18.8 Å². The summed E-state index contributed by atoms with van der Waals surface area (Å²) in [5.74, 6) is 0.0162. The Balaban J connectivity index is 0.00000204. The van der Waals surface area contributed by atoms with Gasteiger partial charge in [0.1, 0.15) is 12.2 Å². The number of carbonyl (C=O) groups excluding carboxylic acids is 1. The lowest BCUT2D eigenvalue weighted by Gasteiger charge is -2.13. The Morgan fingerprint density at radius 3 is 2.56 bits per heavy atom. The fraction of sp³-hybridized carbons (Fsp3) is 0.250. The standard InChI is InChI=1S/C24H26N6O2.2ClH/c1-17-14-28-23(26-11-10-19-6-4-3-5-7-19)24(32)30(17)16-22(31)27-15-20-8-9-21-25-12-13-29(21)18(20)2;;/h3-9,12-14H,10-11,15-16H2,1-2H3,(H,26,28)(H,27,31);2*1H. The van der Waals surface area contributed by atoms with E-state index in [1.54, 1.807) is 19.3 Å². The summed E-state index contributed by atoms with van der Waals surface area (Å²) in [4.78, 5) is 33.9. The van der Waals surface area contributed by atoms with Crippen molar-refractivity contribution in [3.05, 3.63) is 93.9 Å². The Bertz CT molecular complexity index is 1300. The molecule has 0 saturated heterocycles. The van der Waals surface area contributed by atoms with Gasteiger partial charge in [0.2, 0.25) is 5.91 Å². The van der Waals surface area contributed by atoms with Crippen molar-refractivity contribution in [2.24, 2.45) is 0 Å². The van der Waals surface area contributed by atoms with Crippen molar-refractivity contribution in [3.63, 3.8) is 0 Å². The first kappa shape index (κ1) is 26.9. The minimum atomic E-state index is -0.302. The number of pyridine rings is 1. The summed E-state index contributed by atoms with van der Waals surface area (Å²) < 4.78 is 3.42. The van der Waals surface area contributed by atoms with Crippen molar-refractivity contribution in [2.45, 2.75) is 33.4 Å². The largest absolute Gasteiger partial charge is 0.365 e. The first-order valence-electron chi connectivity index (χ1n) is 10.6. The van der Waals surface area contributed by atoms with Crippen LogP contribution in [0.3, 0.4) is 0 Å². The third kappa shape index (κ3) is 6.15. The van der Waals surface area contributed by atoms with Gasteiger partial charge in [-0.05, 0) is 37.5 Å². The third-order valence-electron chi connectivity index (χ3n) is 5.51. The normalized spacial score (nSPS) is 10.3. The van der Waals surface area contributed by atoms with E-state index >= 15 is 0 Å². The van der Waals surface area contributed by atoms with E-state index < -0.39 is 0 Å². The van der Waals surface area contributed by atoms with E-state index in [4.69, 9.17) is 0 Å². The molecule has 180 valence electrons. The lowest BCUT2D eigenvalue weighted by atomic mass is 10.1. The number of carbonyl (C=O) groups is 1. The molecule has 3 heterocycles. The maximum Gasteiger partial charge on any atom is 0.293 e. The lowest BCUT2D eigenvalue weighted by Crippen LogP contribution is -2.34. The van der Waals surface area contributed by atoms with Gasteiger partial charge in [-0.15, -0.1) is 24.8 Å². The van der Waals surface area contributed by atoms with Gasteiger partial charge in [0.15, 0.2) is 5.82 Å². The number of nitrogens with one attached hydrogen (secondary N) is 2. The van der Waals surface area contributed by atoms with Crippen molar-refractivity contribution in [1.82, 2.24) is 24.3 Å². The summed E-state index contributed by atoms with van der Waals surface area (Å²) in [5.41, 5.74) is 4.38. The minimum absolute atomic E-state index is 0. The van der Waals surface area contributed by atoms with Crippen LogP contribution in [-0.4, -0.2) is 31.4 Å². The Labute approximate surface area is 210 Å². The van der Waals surface area contributed by atoms with E-state index in [1.165, 1.54) is 10.1 Å². The predicted octanol–water partition coefficient (Wildman–Crippen LogP) is 3.32. The van der Waals surface area contributed by atoms with Crippen molar-refractivity contribution in [3.8, 4) is 0 Å². The highest BCUT2D eigenvalue weighted by Gasteiger charge is 2.12. The van der Waals surface area contributed by atoms with Crippen LogP contribution in [0.15, 0.2) is 65.8 Å². The maximum atomic E-state index is 12.9. The number of nitrogens with zero attached hydrogens (tertiary/aromatic N) is 4. The Morgan fingerprint density at radius 2 is 1.79 bits per heavy atom. The quantitative estimate of drug-likeness (QED) is 0.385. The predicted molar refractivity (Wildman–Crippen MR) is 138 cm³/mol. The highest BCUT2D eigenvalue weighted by Crippen LogP contribution is 2.11. The highest BCUT2D eigenvalue weighted by atomic mass is 35.5. The SMILES string of the molecule is Cc1cnc(NCCc2ccccc2)c(=O)n1CC(=O)NCc1ccc2nccn2c1C.Cl.Cl. The summed E-state index contributed by atoms with van der Waals surface area (Å²) in [6, 6.07) is 13.9. The molecular formula is C24H28Cl2N6O2. The molecule has 0 aliphatic carbocycles. The molecule has 0 spiro atoms. The molecule has 3 aromatic heterocycles. The molecule has 0 fully saturated rings. The van der Waals surface area contributed by atoms with Crippen LogP contribution >= 0.6 is 24.8 Å². The van der Waals surface area contributed by atoms with Gasteiger partial charge in [-0.1, -0.05) is 36.4 Å². The molecule has 0 saturated carbocycles. The fourth-order valence-corrected chi connectivity index (χ4v) is 3.61. The zero-order valence-corrected chi connectivity index (χ0v) is 20.7. The molecule has 0 unspecified atom stereocenters. The Hall–Kier alpha value is -3.36. The van der Waals surface area contributed by atoms with Crippen LogP contribution in [0, 0.1) is 13.8 Å². The second kappa shape index (κ2) is 12.2. The molecular weight excluding hydrogens is 475 g/mol. The lowest BCUT2D eigenvalue weighted by molar-refractivity contribution is -0.121. The summed E-state index contributed by atoms with van der Waals surface area (Å²) >= 11 is 0. The van der Waals surface area contributed by atoms with Gasteiger partial charge < -0.3 is 15.0 Å². The number of amides is 1. The molecule has 8 nitrogen and oxygen atoms in total. The van der Waals surface area contributed by atoms with Gasteiger partial charge in [0, 0.05) is 43.1 Å². The monoisotopic (exact) mass is 502 g/mol. The smallest absolute Gasteiger partial charge is 0.293 e. The number of rotatable bonds is 8. The molecule has 10 heteroatoms. The number of imidazole rings is 1. The van der Waals surface area contributed by atoms with E-state index in [-0.39, 0.29) is 48.6 Å². The Morgan fingerprint density at radius 1 is 1.03 bits per heavy atom. The van der Waals surface area contributed by atoms with E-state index in [9.17, 15) is 9.59 Å². The van der Waals surface area contributed by atoms with Gasteiger partial charge in [-0.2, -0.15) is 0 Å². The van der Waals surface area contributed by atoms with Crippen LogP contribution in [0.2, 0.25) is 0 Å². The topological polar surface area (TPSA) is 93.3 Å². The van der Waals surface area contributed by atoms with E-state index in [2.05, 4.69) is 20.6 Å². The molecule has 0 atom stereocenters. The van der Waals surface area contributed by atoms with Crippen molar-refractivity contribution in [1.29, 1.82) is 0 Å². The number of fused-ring (bicyclic) bond motifs is 1. The average molecular weight is 503 g/mol. The number of halogens is 2. The highest BCUT2D eigenvalue weighted by molar-refractivity contribution is 5.85. The molecule has 4 aromatic rings. The molecule has 4 rings (SSSR count). The third-order valence-corrected chi connectivity index (χ3v) is 5.51.